The van der Waals surface area contributed by atoms with Crippen molar-refractivity contribution < 1.29 is 20.1 Å². The molecule has 10 heteroatoms. The predicted octanol–water partition coefficient (Wildman–Crippen LogP) is -1.30. The molecule has 2 rings (SSSR count). The SMILES string of the molecule is Nc1nc(I)nc2c1ncn2CO[C@H](CO)[C@H](O)CO. The molecule has 2 heterocycles. The Balaban J connectivity index is 2.18. The third-order valence-corrected chi connectivity index (χ3v) is 3.17. The standard InChI is InChI=1S/C10H14IN5O4/c11-10-14-8(12)7-9(15-10)16(3-13-7)4-20-6(2-18)5(19)1-17/h3,5-6,17-19H,1-2,4H2,(H2,12,14,15)/t5-,6-/m1/s1. The number of hydrogen-bond donors (Lipinski definition) is 4. The van der Waals surface area contributed by atoms with Crippen LogP contribution in [0.2, 0.25) is 0 Å². The number of imidazole rings is 1. The lowest BCUT2D eigenvalue weighted by Gasteiger charge is -2.19. The number of rotatable bonds is 6. The Bertz CT molecular complexity index is 592. The molecule has 0 radical (unpaired) electrons. The Labute approximate surface area is 127 Å². The number of fused-ring (bicyclic) bond motifs is 1. The number of ether oxygens (including phenoxy) is 1. The van der Waals surface area contributed by atoms with Crippen molar-refractivity contribution in [2.24, 2.45) is 0 Å². The number of aliphatic hydroxyl groups is 3. The Morgan fingerprint density at radius 2 is 2.10 bits per heavy atom. The first kappa shape index (κ1) is 15.3. The number of nitrogen functional groups attached to an aromatic ring is 1. The third kappa shape index (κ3) is 3.15. The van der Waals surface area contributed by atoms with Crippen LogP contribution in [-0.4, -0.2) is 60.3 Å². The molecule has 20 heavy (non-hydrogen) atoms. The van der Waals surface area contributed by atoms with Crippen molar-refractivity contribution >= 4 is 39.6 Å². The van der Waals surface area contributed by atoms with Gasteiger partial charge in [-0.05, 0) is 0 Å². The van der Waals surface area contributed by atoms with E-state index < -0.39 is 25.4 Å². The van der Waals surface area contributed by atoms with E-state index in [2.05, 4.69) is 15.0 Å². The van der Waals surface area contributed by atoms with Crippen LogP contribution >= 0.6 is 22.6 Å². The normalized spacial score (nSPS) is 14.6. The van der Waals surface area contributed by atoms with Crippen LogP contribution in [0.3, 0.4) is 0 Å². The first-order chi connectivity index (χ1) is 9.56. The first-order valence-corrected chi connectivity index (χ1v) is 6.80. The minimum Gasteiger partial charge on any atom is -0.394 e. The highest BCUT2D eigenvalue weighted by molar-refractivity contribution is 14.1. The lowest BCUT2D eigenvalue weighted by atomic mass is 10.2. The van der Waals surface area contributed by atoms with Gasteiger partial charge in [-0.1, -0.05) is 0 Å². The molecule has 0 aromatic carbocycles. The number of hydrogen-bond acceptors (Lipinski definition) is 8. The summed E-state index contributed by atoms with van der Waals surface area (Å²) in [6.45, 7) is -0.906. The fraction of sp³-hybridized carbons (Fsp3) is 0.500. The maximum atomic E-state index is 9.44. The quantitative estimate of drug-likeness (QED) is 0.350. The lowest BCUT2D eigenvalue weighted by Crippen LogP contribution is -2.35. The topological polar surface area (TPSA) is 140 Å². The van der Waals surface area contributed by atoms with Gasteiger partial charge in [-0.2, -0.15) is 0 Å². The highest BCUT2D eigenvalue weighted by Crippen LogP contribution is 2.17. The molecule has 0 spiro atoms. The summed E-state index contributed by atoms with van der Waals surface area (Å²) in [5.41, 5.74) is 6.69. The zero-order valence-electron chi connectivity index (χ0n) is 10.3. The zero-order valence-corrected chi connectivity index (χ0v) is 12.5. The van der Waals surface area contributed by atoms with Crippen LogP contribution < -0.4 is 5.73 Å². The fourth-order valence-corrected chi connectivity index (χ4v) is 2.10. The van der Waals surface area contributed by atoms with Gasteiger partial charge in [0.1, 0.15) is 24.5 Å². The molecule has 5 N–H and O–H groups in total. The van der Waals surface area contributed by atoms with Crippen LogP contribution in [-0.2, 0) is 11.5 Å². The van der Waals surface area contributed by atoms with E-state index >= 15 is 0 Å². The van der Waals surface area contributed by atoms with E-state index in [-0.39, 0.29) is 12.5 Å². The van der Waals surface area contributed by atoms with E-state index in [0.29, 0.717) is 15.0 Å². The minimum absolute atomic E-state index is 0.00528. The van der Waals surface area contributed by atoms with Gasteiger partial charge in [0.25, 0.3) is 0 Å². The van der Waals surface area contributed by atoms with Crippen molar-refractivity contribution in [3.8, 4) is 0 Å². The largest absolute Gasteiger partial charge is 0.394 e. The number of nitrogens with two attached hydrogens (primary N) is 1. The van der Waals surface area contributed by atoms with E-state index in [1.807, 2.05) is 22.6 Å². The summed E-state index contributed by atoms with van der Waals surface area (Å²) in [4.78, 5) is 12.3. The molecular formula is C10H14IN5O4. The van der Waals surface area contributed by atoms with Gasteiger partial charge in [0.2, 0.25) is 0 Å². The van der Waals surface area contributed by atoms with Crippen molar-refractivity contribution in [3.63, 3.8) is 0 Å². The van der Waals surface area contributed by atoms with E-state index in [1.165, 1.54) is 6.33 Å². The van der Waals surface area contributed by atoms with Crippen molar-refractivity contribution in [3.05, 3.63) is 10.2 Å². The van der Waals surface area contributed by atoms with Crippen molar-refractivity contribution in [1.29, 1.82) is 0 Å². The van der Waals surface area contributed by atoms with Crippen LogP contribution in [0.4, 0.5) is 5.82 Å². The number of aliphatic hydroxyl groups excluding tert-OH is 3. The summed E-state index contributed by atoms with van der Waals surface area (Å²) in [6, 6.07) is 0. The second kappa shape index (κ2) is 6.58. The van der Waals surface area contributed by atoms with Gasteiger partial charge in [0.15, 0.2) is 15.3 Å². The summed E-state index contributed by atoms with van der Waals surface area (Å²) in [7, 11) is 0. The molecule has 0 saturated carbocycles. The average Bonchev–Trinajstić information content (AvgIpc) is 2.82. The number of halogens is 1. The van der Waals surface area contributed by atoms with Gasteiger partial charge in [-0.3, -0.25) is 4.57 Å². The van der Waals surface area contributed by atoms with E-state index in [9.17, 15) is 5.11 Å². The van der Waals surface area contributed by atoms with Crippen LogP contribution in [0, 0.1) is 3.83 Å². The van der Waals surface area contributed by atoms with Crippen molar-refractivity contribution in [1.82, 2.24) is 19.5 Å². The van der Waals surface area contributed by atoms with Gasteiger partial charge >= 0.3 is 0 Å². The highest BCUT2D eigenvalue weighted by Gasteiger charge is 2.19. The van der Waals surface area contributed by atoms with E-state index in [4.69, 9.17) is 20.7 Å². The van der Waals surface area contributed by atoms with Crippen LogP contribution in [0.1, 0.15) is 0 Å². The average molecular weight is 395 g/mol. The molecule has 0 unspecified atom stereocenters. The second-order valence-corrected chi connectivity index (χ2v) is 5.00. The fourth-order valence-electron chi connectivity index (χ4n) is 1.61. The minimum atomic E-state index is -1.16. The molecule has 0 bridgehead atoms. The van der Waals surface area contributed by atoms with Gasteiger partial charge in [0, 0.05) is 22.6 Å². The highest BCUT2D eigenvalue weighted by atomic mass is 127. The summed E-state index contributed by atoms with van der Waals surface area (Å²) < 4.78 is 7.38. The van der Waals surface area contributed by atoms with Gasteiger partial charge in [-0.15, -0.1) is 0 Å². The molecular weight excluding hydrogens is 381 g/mol. The smallest absolute Gasteiger partial charge is 0.194 e. The van der Waals surface area contributed by atoms with Crippen molar-refractivity contribution in [2.75, 3.05) is 18.9 Å². The Morgan fingerprint density at radius 3 is 2.75 bits per heavy atom. The molecule has 0 aliphatic heterocycles. The van der Waals surface area contributed by atoms with Gasteiger partial charge in [-0.25, -0.2) is 15.0 Å². The Morgan fingerprint density at radius 1 is 1.35 bits per heavy atom. The summed E-state index contributed by atoms with van der Waals surface area (Å²) >= 11 is 1.94. The third-order valence-electron chi connectivity index (χ3n) is 2.69. The summed E-state index contributed by atoms with van der Waals surface area (Å²) in [5, 5.41) is 27.4. The van der Waals surface area contributed by atoms with E-state index in [0.717, 1.165) is 0 Å². The van der Waals surface area contributed by atoms with Gasteiger partial charge in [0.05, 0.1) is 19.5 Å². The maximum absolute atomic E-state index is 9.44. The van der Waals surface area contributed by atoms with Gasteiger partial charge < -0.3 is 25.8 Å². The molecule has 0 aliphatic carbocycles. The molecule has 0 fully saturated rings. The molecule has 0 aliphatic rings. The van der Waals surface area contributed by atoms with Crippen LogP contribution in [0.25, 0.3) is 11.2 Å². The predicted molar refractivity (Wildman–Crippen MR) is 77.5 cm³/mol. The zero-order chi connectivity index (χ0) is 14.7. The molecule has 110 valence electrons. The van der Waals surface area contributed by atoms with Crippen LogP contribution in [0.15, 0.2) is 6.33 Å². The van der Waals surface area contributed by atoms with E-state index in [1.54, 1.807) is 4.57 Å². The number of aromatic nitrogens is 4. The molecule has 0 saturated heterocycles. The first-order valence-electron chi connectivity index (χ1n) is 5.72. The number of nitrogens with zero attached hydrogens (tertiary/aromatic N) is 4. The molecule has 2 aromatic rings. The summed E-state index contributed by atoms with van der Waals surface area (Å²) in [6.07, 6.45) is -0.573. The Hall–Kier alpha value is -1.08. The molecule has 0 amide bonds. The lowest BCUT2D eigenvalue weighted by molar-refractivity contribution is -0.0997. The molecule has 2 atom stereocenters. The van der Waals surface area contributed by atoms with Crippen molar-refractivity contribution in [2.45, 2.75) is 18.9 Å². The molecule has 9 nitrogen and oxygen atoms in total. The maximum Gasteiger partial charge on any atom is 0.194 e. The Kier molecular flexibility index (Phi) is 5.04. The second-order valence-electron chi connectivity index (χ2n) is 4.03. The number of anilines is 1. The molecule has 2 aromatic heterocycles. The summed E-state index contributed by atoms with van der Waals surface area (Å²) in [5.74, 6) is 0.271. The monoisotopic (exact) mass is 395 g/mol. The van der Waals surface area contributed by atoms with Crippen LogP contribution in [0.5, 0.6) is 0 Å².